The highest BCUT2D eigenvalue weighted by Gasteiger charge is 2.05. The molecule has 0 saturated carbocycles. The second-order valence-electron chi connectivity index (χ2n) is 2.08. The van der Waals surface area contributed by atoms with Crippen molar-refractivity contribution in [3.8, 4) is 0 Å². The fraction of sp³-hybridized carbons (Fsp3) is 0.400. The summed E-state index contributed by atoms with van der Waals surface area (Å²) in [7, 11) is -4.64. The Balaban J connectivity index is 0. The summed E-state index contributed by atoms with van der Waals surface area (Å²) in [5.41, 5.74) is 4.78. The highest BCUT2D eigenvalue weighted by atomic mass is 31.2. The van der Waals surface area contributed by atoms with Crippen LogP contribution in [0.4, 0.5) is 0 Å². The molecule has 6 N–H and O–H groups in total. The molecule has 0 aromatic rings. The van der Waals surface area contributed by atoms with Gasteiger partial charge in [-0.1, -0.05) is 6.58 Å². The summed E-state index contributed by atoms with van der Waals surface area (Å²) < 4.78 is 8.88. The molecule has 0 heterocycles. The Hall–Kier alpha value is -0.720. The number of hydrogen-bond donors (Lipinski definition) is 5. The quantitative estimate of drug-likeness (QED) is 0.278. The number of rotatable bonds is 2. The third kappa shape index (κ3) is 18.3. The van der Waals surface area contributed by atoms with Crippen molar-refractivity contribution in [2.24, 2.45) is 5.73 Å². The van der Waals surface area contributed by atoms with Crippen molar-refractivity contribution in [2.45, 2.75) is 13.0 Å². The van der Waals surface area contributed by atoms with Crippen LogP contribution < -0.4 is 5.73 Å². The van der Waals surface area contributed by atoms with Crippen LogP contribution in [-0.2, 0) is 9.36 Å². The lowest BCUT2D eigenvalue weighted by atomic mass is 10.2. The van der Waals surface area contributed by atoms with E-state index in [1.165, 1.54) is 6.92 Å². The maximum absolute atomic E-state index is 10.1. The summed E-state index contributed by atoms with van der Waals surface area (Å²) >= 11 is 0. The summed E-state index contributed by atoms with van der Waals surface area (Å²) in [5.74, 6) is -0.653. The molecule has 8 heteroatoms. The molecule has 0 bridgehead atoms. The number of phosphoric acid groups is 1. The summed E-state index contributed by atoms with van der Waals surface area (Å²) in [6.45, 7) is 4.67. The standard InChI is InChI=1S/C5H9NO2.H3O4P/c1-3(4(2)7)5(6)8;1-5(2,3)4/h4,7H,1H2,2H3,(H2,6,8);(H3,1,2,3,4). The van der Waals surface area contributed by atoms with E-state index in [1.807, 2.05) is 0 Å². The summed E-state index contributed by atoms with van der Waals surface area (Å²) in [6.07, 6.45) is -0.826. The van der Waals surface area contributed by atoms with E-state index in [2.05, 4.69) is 6.58 Å². The largest absolute Gasteiger partial charge is 0.466 e. The molecular weight excluding hydrogens is 201 g/mol. The van der Waals surface area contributed by atoms with Gasteiger partial charge in [0, 0.05) is 5.57 Å². The van der Waals surface area contributed by atoms with Crippen LogP contribution in [0.15, 0.2) is 12.2 Å². The molecule has 78 valence electrons. The van der Waals surface area contributed by atoms with Gasteiger partial charge in [0.2, 0.25) is 5.91 Å². The van der Waals surface area contributed by atoms with Crippen LogP contribution in [0.5, 0.6) is 0 Å². The van der Waals surface area contributed by atoms with Gasteiger partial charge in [-0.05, 0) is 6.92 Å². The van der Waals surface area contributed by atoms with Gasteiger partial charge < -0.3 is 25.5 Å². The van der Waals surface area contributed by atoms with Gasteiger partial charge in [-0.15, -0.1) is 0 Å². The Morgan fingerprint density at radius 1 is 1.46 bits per heavy atom. The molecule has 0 aliphatic heterocycles. The van der Waals surface area contributed by atoms with Gasteiger partial charge >= 0.3 is 7.82 Å². The van der Waals surface area contributed by atoms with E-state index in [0.29, 0.717) is 0 Å². The molecule has 0 aromatic heterocycles. The Bertz CT molecular complexity index is 223. The highest BCUT2D eigenvalue weighted by molar-refractivity contribution is 7.45. The molecule has 0 fully saturated rings. The van der Waals surface area contributed by atoms with Crippen LogP contribution in [0.25, 0.3) is 0 Å². The average Bonchev–Trinajstić information content (AvgIpc) is 1.81. The maximum Gasteiger partial charge on any atom is 0.466 e. The first kappa shape index (κ1) is 14.8. The van der Waals surface area contributed by atoms with Crippen LogP contribution in [0.1, 0.15) is 6.92 Å². The molecule has 0 saturated heterocycles. The smallest absolute Gasteiger partial charge is 0.389 e. The number of amides is 1. The lowest BCUT2D eigenvalue weighted by Gasteiger charge is -2.00. The molecule has 0 radical (unpaired) electrons. The number of aliphatic hydroxyl groups excluding tert-OH is 1. The Morgan fingerprint density at radius 3 is 1.69 bits per heavy atom. The van der Waals surface area contributed by atoms with E-state index in [0.717, 1.165) is 0 Å². The highest BCUT2D eigenvalue weighted by Crippen LogP contribution is 2.25. The topological polar surface area (TPSA) is 141 Å². The van der Waals surface area contributed by atoms with E-state index in [9.17, 15) is 4.79 Å². The van der Waals surface area contributed by atoms with Crippen LogP contribution in [0.3, 0.4) is 0 Å². The fourth-order valence-electron chi connectivity index (χ4n) is 0.206. The molecule has 1 unspecified atom stereocenters. The molecule has 0 rings (SSSR count). The van der Waals surface area contributed by atoms with Gasteiger partial charge in [0.25, 0.3) is 0 Å². The van der Waals surface area contributed by atoms with E-state index in [1.54, 1.807) is 0 Å². The average molecular weight is 213 g/mol. The van der Waals surface area contributed by atoms with Crippen molar-refractivity contribution in [3.05, 3.63) is 12.2 Å². The third-order valence-electron chi connectivity index (χ3n) is 0.821. The first-order valence-electron chi connectivity index (χ1n) is 3.00. The number of hydrogen-bond acceptors (Lipinski definition) is 3. The van der Waals surface area contributed by atoms with Crippen LogP contribution in [0.2, 0.25) is 0 Å². The van der Waals surface area contributed by atoms with Crippen molar-refractivity contribution in [1.29, 1.82) is 0 Å². The number of carbonyl (C=O) groups excluding carboxylic acids is 1. The van der Waals surface area contributed by atoms with Crippen molar-refractivity contribution in [3.63, 3.8) is 0 Å². The van der Waals surface area contributed by atoms with Crippen LogP contribution in [-0.4, -0.2) is 31.8 Å². The minimum Gasteiger partial charge on any atom is -0.389 e. The molecule has 0 aliphatic carbocycles. The zero-order valence-electron chi connectivity index (χ0n) is 6.91. The summed E-state index contributed by atoms with van der Waals surface area (Å²) in [6, 6.07) is 0. The first-order valence-corrected chi connectivity index (χ1v) is 4.57. The maximum atomic E-state index is 10.1. The van der Waals surface area contributed by atoms with Gasteiger partial charge in [0.1, 0.15) is 0 Å². The van der Waals surface area contributed by atoms with Gasteiger partial charge in [0.05, 0.1) is 6.10 Å². The van der Waals surface area contributed by atoms with Crippen molar-refractivity contribution < 1.29 is 29.1 Å². The molecular formula is C5H12NO6P. The molecule has 0 spiro atoms. The lowest BCUT2D eigenvalue weighted by molar-refractivity contribution is -0.115. The van der Waals surface area contributed by atoms with E-state index >= 15 is 0 Å². The monoisotopic (exact) mass is 213 g/mol. The minimum atomic E-state index is -4.64. The number of primary amides is 1. The zero-order chi connectivity index (χ0) is 11.2. The predicted octanol–water partition coefficient (Wildman–Crippen LogP) is -1.52. The van der Waals surface area contributed by atoms with E-state index in [4.69, 9.17) is 30.1 Å². The molecule has 0 aromatic carbocycles. The van der Waals surface area contributed by atoms with Gasteiger partial charge in [-0.25, -0.2) is 4.57 Å². The molecule has 0 aliphatic rings. The second kappa shape index (κ2) is 5.85. The van der Waals surface area contributed by atoms with Crippen LogP contribution >= 0.6 is 7.82 Å². The predicted molar refractivity (Wildman–Crippen MR) is 44.3 cm³/mol. The minimum absolute atomic E-state index is 0.0463. The Morgan fingerprint density at radius 2 is 1.69 bits per heavy atom. The normalized spacial score (nSPS) is 12.4. The van der Waals surface area contributed by atoms with Crippen LogP contribution in [0, 0.1) is 0 Å². The lowest BCUT2D eigenvalue weighted by Crippen LogP contribution is -2.20. The van der Waals surface area contributed by atoms with Gasteiger partial charge in [-0.2, -0.15) is 0 Å². The molecule has 1 amide bonds. The van der Waals surface area contributed by atoms with E-state index < -0.39 is 19.8 Å². The Labute approximate surface area is 74.7 Å². The summed E-state index contributed by atoms with van der Waals surface area (Å²) in [5, 5.41) is 8.59. The van der Waals surface area contributed by atoms with Crippen molar-refractivity contribution in [1.82, 2.24) is 0 Å². The number of aliphatic hydroxyl groups is 1. The Kier molecular flexibility index (Phi) is 6.65. The number of carbonyl (C=O) groups is 1. The summed E-state index contributed by atoms with van der Waals surface area (Å²) in [4.78, 5) is 31.7. The zero-order valence-corrected chi connectivity index (χ0v) is 7.81. The van der Waals surface area contributed by atoms with Crippen molar-refractivity contribution >= 4 is 13.7 Å². The van der Waals surface area contributed by atoms with E-state index in [-0.39, 0.29) is 5.57 Å². The first-order chi connectivity index (χ1) is 5.55. The second-order valence-corrected chi connectivity index (χ2v) is 3.11. The third-order valence-corrected chi connectivity index (χ3v) is 0.821. The van der Waals surface area contributed by atoms with Crippen molar-refractivity contribution in [2.75, 3.05) is 0 Å². The molecule has 1 atom stereocenters. The SMILES string of the molecule is C=C(C(N)=O)C(C)O.O=P(O)(O)O. The fourth-order valence-corrected chi connectivity index (χ4v) is 0.206. The number of nitrogens with two attached hydrogens (primary N) is 1. The molecule has 13 heavy (non-hydrogen) atoms. The molecule has 7 nitrogen and oxygen atoms in total. The van der Waals surface area contributed by atoms with Gasteiger partial charge in [-0.3, -0.25) is 4.79 Å². The van der Waals surface area contributed by atoms with Gasteiger partial charge in [0.15, 0.2) is 0 Å².